The summed E-state index contributed by atoms with van der Waals surface area (Å²) >= 11 is 5.42. The smallest absolute Gasteiger partial charge is 0.266 e. The number of nitrogens with zero attached hydrogens (tertiary/aromatic N) is 1. The molecule has 0 aliphatic carbocycles. The third kappa shape index (κ3) is 2.05. The molecule has 13 heavy (non-hydrogen) atoms. The van der Waals surface area contributed by atoms with Gasteiger partial charge in [-0.25, -0.2) is 13.8 Å². The Morgan fingerprint density at radius 3 is 2.69 bits per heavy atom. The molecular formula is C7H7ClF2N2O. The fourth-order valence-corrected chi connectivity index (χ4v) is 1.08. The van der Waals surface area contributed by atoms with E-state index in [-0.39, 0.29) is 16.5 Å². The minimum Gasteiger partial charge on any atom is -0.397 e. The summed E-state index contributed by atoms with van der Waals surface area (Å²) in [5.41, 5.74) is 5.03. The second-order valence-electron chi connectivity index (χ2n) is 2.36. The highest BCUT2D eigenvalue weighted by Gasteiger charge is 2.15. The number of anilines is 1. The molecule has 3 nitrogen and oxygen atoms in total. The highest BCUT2D eigenvalue weighted by atomic mass is 35.5. The van der Waals surface area contributed by atoms with Crippen LogP contribution < -0.4 is 5.73 Å². The van der Waals surface area contributed by atoms with Crippen molar-refractivity contribution in [3.05, 3.63) is 22.5 Å². The molecule has 0 unspecified atom stereocenters. The zero-order valence-electron chi connectivity index (χ0n) is 6.47. The summed E-state index contributed by atoms with van der Waals surface area (Å²) in [5, 5.41) is 8.36. The highest BCUT2D eigenvalue weighted by molar-refractivity contribution is 6.30. The van der Waals surface area contributed by atoms with Gasteiger partial charge in [0.1, 0.15) is 5.15 Å². The molecule has 0 radical (unpaired) electrons. The average molecular weight is 209 g/mol. The molecule has 1 aromatic heterocycles. The molecule has 3 N–H and O–H groups in total. The van der Waals surface area contributed by atoms with Crippen LogP contribution in [-0.4, -0.2) is 10.1 Å². The number of nitrogens with two attached hydrogens (primary N) is 1. The predicted octanol–water partition coefficient (Wildman–Crippen LogP) is 1.75. The number of halogens is 3. The first kappa shape index (κ1) is 10.1. The molecular weight excluding hydrogens is 202 g/mol. The molecule has 72 valence electrons. The van der Waals surface area contributed by atoms with E-state index in [0.717, 1.165) is 6.07 Å². The van der Waals surface area contributed by atoms with Crippen molar-refractivity contribution in [2.75, 3.05) is 5.73 Å². The van der Waals surface area contributed by atoms with Gasteiger partial charge in [-0.3, -0.25) is 0 Å². The van der Waals surface area contributed by atoms with Crippen LogP contribution in [0, 0.1) is 0 Å². The average Bonchev–Trinajstić information content (AvgIpc) is 2.07. The second kappa shape index (κ2) is 3.85. The van der Waals surface area contributed by atoms with E-state index in [0.29, 0.717) is 0 Å². The maximum atomic E-state index is 12.2. The Bertz CT molecular complexity index is 320. The van der Waals surface area contributed by atoms with Crippen molar-refractivity contribution in [3.63, 3.8) is 0 Å². The molecule has 0 aliphatic rings. The summed E-state index contributed by atoms with van der Waals surface area (Å²) in [6.07, 6.45) is -2.71. The number of hydrogen-bond acceptors (Lipinski definition) is 3. The molecule has 0 bridgehead atoms. The normalized spacial score (nSPS) is 10.8. The first-order chi connectivity index (χ1) is 6.06. The van der Waals surface area contributed by atoms with Gasteiger partial charge in [-0.15, -0.1) is 0 Å². The van der Waals surface area contributed by atoms with E-state index >= 15 is 0 Å². The minimum atomic E-state index is -2.71. The van der Waals surface area contributed by atoms with Crippen LogP contribution in [0.2, 0.25) is 5.15 Å². The van der Waals surface area contributed by atoms with Crippen LogP contribution in [0.3, 0.4) is 0 Å². The SMILES string of the molecule is Nc1cc(C(F)F)c(Cl)nc1CO. The molecule has 1 rings (SSSR count). The first-order valence-corrected chi connectivity index (χ1v) is 3.78. The molecule has 0 aromatic carbocycles. The van der Waals surface area contributed by atoms with Gasteiger partial charge in [0.15, 0.2) is 0 Å². The minimum absolute atomic E-state index is 0.0159. The summed E-state index contributed by atoms with van der Waals surface area (Å²) < 4.78 is 24.4. The van der Waals surface area contributed by atoms with Crippen LogP contribution in [0.15, 0.2) is 6.07 Å². The van der Waals surface area contributed by atoms with Crippen molar-refractivity contribution in [1.82, 2.24) is 4.98 Å². The molecule has 1 aromatic rings. The zero-order chi connectivity index (χ0) is 10.0. The van der Waals surface area contributed by atoms with Crippen LogP contribution in [0.25, 0.3) is 0 Å². The fourth-order valence-electron chi connectivity index (χ4n) is 0.838. The number of hydrogen-bond donors (Lipinski definition) is 2. The van der Waals surface area contributed by atoms with Crippen molar-refractivity contribution in [2.45, 2.75) is 13.0 Å². The fraction of sp³-hybridized carbons (Fsp3) is 0.286. The number of alkyl halides is 2. The summed E-state index contributed by atoms with van der Waals surface area (Å²) in [7, 11) is 0. The van der Waals surface area contributed by atoms with Crippen molar-refractivity contribution >= 4 is 17.3 Å². The Balaban J connectivity index is 3.20. The van der Waals surface area contributed by atoms with E-state index in [2.05, 4.69) is 4.98 Å². The molecule has 0 amide bonds. The van der Waals surface area contributed by atoms with E-state index in [4.69, 9.17) is 22.4 Å². The number of nitrogen functional groups attached to an aromatic ring is 1. The van der Waals surface area contributed by atoms with Gasteiger partial charge in [-0.2, -0.15) is 0 Å². The van der Waals surface area contributed by atoms with Crippen LogP contribution in [0.4, 0.5) is 14.5 Å². The molecule has 6 heteroatoms. The molecule has 0 atom stereocenters. The summed E-state index contributed by atoms with van der Waals surface area (Å²) in [5.74, 6) is 0. The molecule has 0 spiro atoms. The van der Waals surface area contributed by atoms with E-state index < -0.39 is 18.6 Å². The van der Waals surface area contributed by atoms with Gasteiger partial charge in [0, 0.05) is 0 Å². The standard InChI is InChI=1S/C7H7ClF2N2O/c8-6-3(7(9)10)1-4(11)5(2-13)12-6/h1,7,13H,2,11H2. The Morgan fingerprint density at radius 2 is 2.23 bits per heavy atom. The largest absolute Gasteiger partial charge is 0.397 e. The monoisotopic (exact) mass is 208 g/mol. The molecule has 0 saturated heterocycles. The van der Waals surface area contributed by atoms with Crippen molar-refractivity contribution in [1.29, 1.82) is 0 Å². The number of aliphatic hydroxyl groups is 1. The number of rotatable bonds is 2. The van der Waals surface area contributed by atoms with Gasteiger partial charge in [0.2, 0.25) is 0 Å². The maximum absolute atomic E-state index is 12.2. The number of aromatic nitrogens is 1. The summed E-state index contributed by atoms with van der Waals surface area (Å²) in [6.45, 7) is -0.422. The van der Waals surface area contributed by atoms with Crippen LogP contribution in [0.1, 0.15) is 17.7 Å². The van der Waals surface area contributed by atoms with Gasteiger partial charge in [-0.05, 0) is 6.07 Å². The molecule has 1 heterocycles. The molecule has 0 fully saturated rings. The Labute approximate surface area is 78.1 Å². The van der Waals surface area contributed by atoms with Gasteiger partial charge in [-0.1, -0.05) is 11.6 Å². The second-order valence-corrected chi connectivity index (χ2v) is 2.72. The van der Waals surface area contributed by atoms with Gasteiger partial charge in [0.05, 0.1) is 23.6 Å². The zero-order valence-corrected chi connectivity index (χ0v) is 7.22. The predicted molar refractivity (Wildman–Crippen MR) is 44.5 cm³/mol. The Morgan fingerprint density at radius 1 is 1.62 bits per heavy atom. The lowest BCUT2D eigenvalue weighted by Crippen LogP contribution is -2.01. The number of aliphatic hydroxyl groups excluding tert-OH is 1. The summed E-state index contributed by atoms with van der Waals surface area (Å²) in [6, 6.07) is 1.02. The lowest BCUT2D eigenvalue weighted by molar-refractivity contribution is 0.151. The van der Waals surface area contributed by atoms with Crippen molar-refractivity contribution in [2.24, 2.45) is 0 Å². The van der Waals surface area contributed by atoms with Gasteiger partial charge in [0.25, 0.3) is 6.43 Å². The quantitative estimate of drug-likeness (QED) is 0.728. The van der Waals surface area contributed by atoms with Gasteiger partial charge >= 0.3 is 0 Å². The third-order valence-corrected chi connectivity index (χ3v) is 1.80. The first-order valence-electron chi connectivity index (χ1n) is 3.40. The van der Waals surface area contributed by atoms with E-state index in [1.807, 2.05) is 0 Å². The van der Waals surface area contributed by atoms with Crippen molar-refractivity contribution < 1.29 is 13.9 Å². The summed E-state index contributed by atoms with van der Waals surface area (Å²) in [4.78, 5) is 3.52. The topological polar surface area (TPSA) is 59.1 Å². The lowest BCUT2D eigenvalue weighted by atomic mass is 10.2. The Kier molecular flexibility index (Phi) is 3.00. The third-order valence-electron chi connectivity index (χ3n) is 1.50. The highest BCUT2D eigenvalue weighted by Crippen LogP contribution is 2.28. The van der Waals surface area contributed by atoms with E-state index in [9.17, 15) is 8.78 Å². The molecule has 0 aliphatic heterocycles. The van der Waals surface area contributed by atoms with Crippen molar-refractivity contribution in [3.8, 4) is 0 Å². The van der Waals surface area contributed by atoms with Crippen LogP contribution >= 0.6 is 11.6 Å². The lowest BCUT2D eigenvalue weighted by Gasteiger charge is -2.06. The van der Waals surface area contributed by atoms with E-state index in [1.165, 1.54) is 0 Å². The van der Waals surface area contributed by atoms with Crippen LogP contribution in [0.5, 0.6) is 0 Å². The van der Waals surface area contributed by atoms with E-state index in [1.54, 1.807) is 0 Å². The van der Waals surface area contributed by atoms with Gasteiger partial charge < -0.3 is 10.8 Å². The number of pyridine rings is 1. The maximum Gasteiger partial charge on any atom is 0.266 e. The van der Waals surface area contributed by atoms with Crippen LogP contribution in [-0.2, 0) is 6.61 Å². The Hall–Kier alpha value is -0.940. The molecule has 0 saturated carbocycles.